The van der Waals surface area contributed by atoms with E-state index < -0.39 is 5.91 Å². The molecule has 2 nitrogen and oxygen atoms in total. The zero-order valence-electron chi connectivity index (χ0n) is 2.77. The quantitative estimate of drug-likeness (QED) is 0.499. The third kappa shape index (κ3) is 8.95. The number of carbonyl (C=O) groups excluding carboxylic acids is 1. The topological polar surface area (TPSA) is 43.1 Å². The Labute approximate surface area is 55.2 Å². The molecular weight excluding hydrogens is 181 g/mol. The van der Waals surface area contributed by atoms with Crippen LogP contribution in [-0.4, -0.2) is 31.8 Å². The summed E-state index contributed by atoms with van der Waals surface area (Å²) in [6.07, 6.45) is 1.06. The van der Waals surface area contributed by atoms with E-state index in [1.54, 1.807) is 0 Å². The van der Waals surface area contributed by atoms with Crippen LogP contribution in [0.1, 0.15) is 0 Å². The summed E-state index contributed by atoms with van der Waals surface area (Å²) in [5, 5.41) is 0. The van der Waals surface area contributed by atoms with Gasteiger partial charge in [0.2, 0.25) is 5.91 Å². The van der Waals surface area contributed by atoms with Crippen LogP contribution in [0.5, 0.6) is 0 Å². The van der Waals surface area contributed by atoms with Gasteiger partial charge in [-0.05, 0) is 6.08 Å². The summed E-state index contributed by atoms with van der Waals surface area (Å²) in [6, 6.07) is 0. The predicted octanol–water partition coefficient (Wildman–Crippen LogP) is -1.53. The second kappa shape index (κ2) is 5.08. The minimum absolute atomic E-state index is 0. The van der Waals surface area contributed by atoms with Gasteiger partial charge in [0.1, 0.15) is 0 Å². The molecule has 0 aliphatic heterocycles. The van der Waals surface area contributed by atoms with Crippen LogP contribution in [0.15, 0.2) is 12.7 Å². The number of rotatable bonds is 1. The van der Waals surface area contributed by atoms with E-state index in [2.05, 4.69) is 12.3 Å². The van der Waals surface area contributed by atoms with Crippen LogP contribution in [-0.2, 0) is 4.79 Å². The van der Waals surface area contributed by atoms with Gasteiger partial charge in [0, 0.05) is 0 Å². The van der Waals surface area contributed by atoms with Gasteiger partial charge in [-0.1, -0.05) is 6.58 Å². The average Bonchev–Trinajstić information content (AvgIpc) is 1.38. The molecule has 0 spiro atoms. The monoisotopic (exact) mass is 189 g/mol. The molecule has 0 unspecified atom stereocenters. The summed E-state index contributed by atoms with van der Waals surface area (Å²) < 4.78 is 0. The molecule has 0 bridgehead atoms. The summed E-state index contributed by atoms with van der Waals surface area (Å²) in [5.41, 5.74) is 4.53. The van der Waals surface area contributed by atoms with Crippen LogP contribution in [0, 0.1) is 0 Å². The number of nitrogens with two attached hydrogens (primary N) is 1. The normalized spacial score (nSPS) is 5.33. The van der Waals surface area contributed by atoms with Crippen molar-refractivity contribution in [1.82, 2.24) is 0 Å². The van der Waals surface area contributed by atoms with Crippen molar-refractivity contribution in [2.24, 2.45) is 5.73 Å². The molecule has 0 saturated carbocycles. The first-order valence-corrected chi connectivity index (χ1v) is 1.19. The molecule has 0 atom stereocenters. The van der Waals surface area contributed by atoms with E-state index in [1.807, 2.05) is 0 Å². The van der Waals surface area contributed by atoms with Crippen molar-refractivity contribution in [1.29, 1.82) is 0 Å². The molecular formula is C3H8InNO. The Bertz CT molecular complexity index is 61.8. The van der Waals surface area contributed by atoms with E-state index in [0.717, 1.165) is 6.08 Å². The molecule has 0 aromatic heterocycles. The van der Waals surface area contributed by atoms with Gasteiger partial charge in [-0.15, -0.1) is 0 Å². The van der Waals surface area contributed by atoms with Gasteiger partial charge in [-0.2, -0.15) is 0 Å². The van der Waals surface area contributed by atoms with E-state index in [9.17, 15) is 4.79 Å². The maximum atomic E-state index is 9.47. The maximum absolute atomic E-state index is 9.47. The van der Waals surface area contributed by atoms with Crippen molar-refractivity contribution in [3.63, 3.8) is 0 Å². The van der Waals surface area contributed by atoms with Crippen LogP contribution in [0.2, 0.25) is 0 Å². The second-order valence-electron chi connectivity index (χ2n) is 0.606. The van der Waals surface area contributed by atoms with Gasteiger partial charge in [-0.3, -0.25) is 4.79 Å². The summed E-state index contributed by atoms with van der Waals surface area (Å²) in [4.78, 5) is 9.47. The summed E-state index contributed by atoms with van der Waals surface area (Å²) in [7, 11) is 0. The van der Waals surface area contributed by atoms with Gasteiger partial charge >= 0.3 is 25.8 Å². The Morgan fingerprint density at radius 1 is 1.83 bits per heavy atom. The van der Waals surface area contributed by atoms with Crippen molar-refractivity contribution in [3.05, 3.63) is 12.7 Å². The Morgan fingerprint density at radius 2 is 2.00 bits per heavy atom. The van der Waals surface area contributed by atoms with Crippen molar-refractivity contribution in [2.45, 2.75) is 0 Å². The van der Waals surface area contributed by atoms with Crippen LogP contribution in [0.3, 0.4) is 0 Å². The number of primary amides is 1. The molecule has 1 amide bonds. The van der Waals surface area contributed by atoms with E-state index in [0.29, 0.717) is 0 Å². The van der Waals surface area contributed by atoms with Crippen LogP contribution >= 0.6 is 0 Å². The van der Waals surface area contributed by atoms with Crippen LogP contribution in [0.4, 0.5) is 0 Å². The number of hydrogen-bond donors (Lipinski definition) is 1. The molecule has 0 aromatic carbocycles. The summed E-state index contributed by atoms with van der Waals surface area (Å²) >= 11 is 0. The molecule has 0 aliphatic rings. The Morgan fingerprint density at radius 3 is 2.00 bits per heavy atom. The Hall–Kier alpha value is 0.0801. The predicted molar refractivity (Wildman–Crippen MR) is 29.3 cm³/mol. The SMILES string of the molecule is C=CC(N)=O.[InH3]. The number of amides is 1. The molecule has 0 aliphatic carbocycles. The zero-order valence-corrected chi connectivity index (χ0v) is 2.77. The van der Waals surface area contributed by atoms with E-state index in [1.165, 1.54) is 0 Å². The van der Waals surface area contributed by atoms with E-state index >= 15 is 0 Å². The second-order valence-corrected chi connectivity index (χ2v) is 0.606. The average molecular weight is 189 g/mol. The molecule has 0 saturated heterocycles. The van der Waals surface area contributed by atoms with Gasteiger partial charge in [0.25, 0.3) is 0 Å². The van der Waals surface area contributed by atoms with Crippen molar-refractivity contribution < 1.29 is 4.79 Å². The van der Waals surface area contributed by atoms with E-state index in [-0.39, 0.29) is 25.8 Å². The van der Waals surface area contributed by atoms with Crippen LogP contribution in [0.25, 0.3) is 0 Å². The van der Waals surface area contributed by atoms with Crippen LogP contribution < -0.4 is 5.73 Å². The fraction of sp³-hybridized carbons (Fsp3) is 0. The third-order valence-electron chi connectivity index (χ3n) is 0.201. The molecule has 34 valence electrons. The van der Waals surface area contributed by atoms with E-state index in [4.69, 9.17) is 0 Å². The fourth-order valence-corrected chi connectivity index (χ4v) is 0. The standard InChI is InChI=1S/C3H5NO.In.3H/c1-2-3(4)5;;;;/h2H,1H2,(H2,4,5);;;;. The molecule has 0 rings (SSSR count). The molecule has 0 fully saturated rings. The first-order valence-electron chi connectivity index (χ1n) is 1.19. The summed E-state index contributed by atoms with van der Waals surface area (Å²) in [6.45, 7) is 3.09. The first kappa shape index (κ1) is 9.43. The van der Waals surface area contributed by atoms with Gasteiger partial charge in [0.15, 0.2) is 0 Å². The number of carbonyl (C=O) groups is 1. The van der Waals surface area contributed by atoms with Crippen molar-refractivity contribution in [3.8, 4) is 0 Å². The van der Waals surface area contributed by atoms with Gasteiger partial charge < -0.3 is 5.73 Å². The number of hydrogen-bond acceptors (Lipinski definition) is 1. The summed E-state index contributed by atoms with van der Waals surface area (Å²) in [5.74, 6) is -0.481. The third-order valence-corrected chi connectivity index (χ3v) is 0.201. The molecule has 6 heavy (non-hydrogen) atoms. The molecule has 3 heteroatoms. The van der Waals surface area contributed by atoms with Crippen molar-refractivity contribution >= 4 is 31.8 Å². The van der Waals surface area contributed by atoms with Crippen molar-refractivity contribution in [2.75, 3.05) is 0 Å². The molecule has 0 heterocycles. The molecule has 2 N–H and O–H groups in total. The molecule has 0 radical (unpaired) electrons. The first-order chi connectivity index (χ1) is 2.27. The zero-order chi connectivity index (χ0) is 4.28. The fourth-order valence-electron chi connectivity index (χ4n) is 0. The minimum atomic E-state index is -0.481. The van der Waals surface area contributed by atoms with Gasteiger partial charge in [0.05, 0.1) is 0 Å². The van der Waals surface area contributed by atoms with Gasteiger partial charge in [-0.25, -0.2) is 0 Å². The molecule has 0 aromatic rings. The Kier molecular flexibility index (Phi) is 7.98. The Balaban J connectivity index is 0.